The van der Waals surface area contributed by atoms with Crippen LogP contribution in [0.4, 0.5) is 0 Å². The maximum absolute atomic E-state index is 11.3. The topological polar surface area (TPSA) is 17.1 Å². The number of ketones is 1. The van der Waals surface area contributed by atoms with Gasteiger partial charge < -0.3 is 0 Å². The molecule has 0 saturated heterocycles. The summed E-state index contributed by atoms with van der Waals surface area (Å²) in [7, 11) is 0. The van der Waals surface area contributed by atoms with Gasteiger partial charge in [-0.15, -0.1) is 0 Å². The molecule has 0 fully saturated rings. The lowest BCUT2D eigenvalue weighted by atomic mass is 9.85. The maximum atomic E-state index is 11.3. The third kappa shape index (κ3) is 1.39. The minimum Gasteiger partial charge on any atom is -0.299 e. The highest BCUT2D eigenvalue weighted by molar-refractivity contribution is 5.83. The molecule has 1 aliphatic rings. The predicted octanol–water partition coefficient (Wildman–Crippen LogP) is 2.36. The van der Waals surface area contributed by atoms with Gasteiger partial charge in [-0.25, -0.2) is 0 Å². The molecule has 0 radical (unpaired) electrons. The first-order valence-corrected chi connectivity index (χ1v) is 4.78. The second-order valence-electron chi connectivity index (χ2n) is 3.87. The SMILES string of the molecule is Cc1ccc(C)c2c1CCC(=O)C2. The fourth-order valence-corrected chi connectivity index (χ4v) is 2.07. The first kappa shape index (κ1) is 8.49. The van der Waals surface area contributed by atoms with Crippen LogP contribution in [0.2, 0.25) is 0 Å². The fraction of sp³-hybridized carbons (Fsp3) is 0.417. The van der Waals surface area contributed by atoms with Crippen LogP contribution in [0.15, 0.2) is 12.1 Å². The number of Topliss-reactive ketones (excluding diaryl/α,β-unsaturated/α-hetero) is 1. The highest BCUT2D eigenvalue weighted by atomic mass is 16.1. The van der Waals surface area contributed by atoms with Gasteiger partial charge in [-0.3, -0.25) is 4.79 Å². The lowest BCUT2D eigenvalue weighted by Gasteiger charge is -2.19. The lowest BCUT2D eigenvalue weighted by molar-refractivity contribution is -0.118. The molecule has 68 valence electrons. The van der Waals surface area contributed by atoms with Crippen molar-refractivity contribution in [2.45, 2.75) is 33.1 Å². The van der Waals surface area contributed by atoms with E-state index in [4.69, 9.17) is 0 Å². The fourth-order valence-electron chi connectivity index (χ4n) is 2.07. The molecule has 2 rings (SSSR count). The molecule has 1 heteroatoms. The quantitative estimate of drug-likeness (QED) is 0.590. The van der Waals surface area contributed by atoms with Gasteiger partial charge >= 0.3 is 0 Å². The Balaban J connectivity index is 2.57. The summed E-state index contributed by atoms with van der Waals surface area (Å²) in [5.74, 6) is 0.390. The zero-order valence-electron chi connectivity index (χ0n) is 8.18. The van der Waals surface area contributed by atoms with E-state index in [0.717, 1.165) is 12.8 Å². The van der Waals surface area contributed by atoms with Gasteiger partial charge in [0.05, 0.1) is 0 Å². The van der Waals surface area contributed by atoms with Crippen molar-refractivity contribution < 1.29 is 4.79 Å². The molecule has 1 aliphatic carbocycles. The molecular weight excluding hydrogens is 160 g/mol. The highest BCUT2D eigenvalue weighted by Crippen LogP contribution is 2.25. The molecule has 0 N–H and O–H groups in total. The Kier molecular flexibility index (Phi) is 1.95. The van der Waals surface area contributed by atoms with Crippen LogP contribution in [0.25, 0.3) is 0 Å². The average molecular weight is 174 g/mol. The Bertz CT molecular complexity index is 364. The Morgan fingerprint density at radius 2 is 1.62 bits per heavy atom. The van der Waals surface area contributed by atoms with Crippen LogP contribution in [0.3, 0.4) is 0 Å². The monoisotopic (exact) mass is 174 g/mol. The van der Waals surface area contributed by atoms with Gasteiger partial charge in [0.1, 0.15) is 5.78 Å². The summed E-state index contributed by atoms with van der Waals surface area (Å²) < 4.78 is 0. The van der Waals surface area contributed by atoms with Gasteiger partial charge in [-0.1, -0.05) is 12.1 Å². The highest BCUT2D eigenvalue weighted by Gasteiger charge is 2.18. The maximum Gasteiger partial charge on any atom is 0.137 e. The molecule has 1 aromatic rings. The van der Waals surface area contributed by atoms with Gasteiger partial charge in [0.15, 0.2) is 0 Å². The van der Waals surface area contributed by atoms with Gasteiger partial charge in [-0.2, -0.15) is 0 Å². The number of benzene rings is 1. The number of aryl methyl sites for hydroxylation is 2. The second-order valence-corrected chi connectivity index (χ2v) is 3.87. The smallest absolute Gasteiger partial charge is 0.137 e. The summed E-state index contributed by atoms with van der Waals surface area (Å²) in [5.41, 5.74) is 5.32. The number of carbonyl (C=O) groups is 1. The van der Waals surface area contributed by atoms with Crippen LogP contribution in [0.5, 0.6) is 0 Å². The number of hydrogen-bond acceptors (Lipinski definition) is 1. The third-order valence-corrected chi connectivity index (χ3v) is 2.93. The van der Waals surface area contributed by atoms with Crippen molar-refractivity contribution in [3.05, 3.63) is 34.4 Å². The Hall–Kier alpha value is -1.11. The molecule has 1 nitrogen and oxygen atoms in total. The summed E-state index contributed by atoms with van der Waals surface area (Å²) in [6, 6.07) is 4.27. The summed E-state index contributed by atoms with van der Waals surface area (Å²) in [5, 5.41) is 0. The third-order valence-electron chi connectivity index (χ3n) is 2.93. The van der Waals surface area contributed by atoms with Crippen molar-refractivity contribution in [1.29, 1.82) is 0 Å². The minimum absolute atomic E-state index is 0.390. The second kappa shape index (κ2) is 2.99. The summed E-state index contributed by atoms with van der Waals surface area (Å²) in [4.78, 5) is 11.3. The number of carbonyl (C=O) groups excluding carboxylic acids is 1. The number of hydrogen-bond donors (Lipinski definition) is 0. The number of fused-ring (bicyclic) bond motifs is 1. The molecule has 0 atom stereocenters. The van der Waals surface area contributed by atoms with E-state index in [-0.39, 0.29) is 0 Å². The van der Waals surface area contributed by atoms with Gasteiger partial charge in [0.2, 0.25) is 0 Å². The number of rotatable bonds is 0. The van der Waals surface area contributed by atoms with E-state index in [0.29, 0.717) is 12.2 Å². The molecule has 0 saturated carbocycles. The van der Waals surface area contributed by atoms with Crippen LogP contribution >= 0.6 is 0 Å². The average Bonchev–Trinajstić information content (AvgIpc) is 2.12. The van der Waals surface area contributed by atoms with E-state index in [1.807, 2.05) is 0 Å². The molecule has 0 unspecified atom stereocenters. The molecule has 0 bridgehead atoms. The molecule has 0 spiro atoms. The first-order valence-electron chi connectivity index (χ1n) is 4.78. The molecule has 0 amide bonds. The van der Waals surface area contributed by atoms with Crippen molar-refractivity contribution in [2.24, 2.45) is 0 Å². The van der Waals surface area contributed by atoms with E-state index >= 15 is 0 Å². The van der Waals surface area contributed by atoms with Crippen LogP contribution in [0, 0.1) is 13.8 Å². The van der Waals surface area contributed by atoms with Gasteiger partial charge in [-0.05, 0) is 42.5 Å². The van der Waals surface area contributed by atoms with Gasteiger partial charge in [0.25, 0.3) is 0 Å². The predicted molar refractivity (Wildman–Crippen MR) is 52.9 cm³/mol. The van der Waals surface area contributed by atoms with E-state index < -0.39 is 0 Å². The van der Waals surface area contributed by atoms with Crippen molar-refractivity contribution in [3.63, 3.8) is 0 Å². The van der Waals surface area contributed by atoms with Crippen LogP contribution in [-0.4, -0.2) is 5.78 Å². The standard InChI is InChI=1S/C12H14O/c1-8-3-4-9(2)12-7-10(13)5-6-11(8)12/h3-4H,5-7H2,1-2H3. The van der Waals surface area contributed by atoms with Crippen molar-refractivity contribution in [1.82, 2.24) is 0 Å². The van der Waals surface area contributed by atoms with Crippen molar-refractivity contribution >= 4 is 5.78 Å². The van der Waals surface area contributed by atoms with Crippen LogP contribution < -0.4 is 0 Å². The molecule has 0 aliphatic heterocycles. The van der Waals surface area contributed by atoms with E-state index in [9.17, 15) is 4.79 Å². The molecule has 0 aromatic heterocycles. The van der Waals surface area contributed by atoms with Crippen LogP contribution in [0.1, 0.15) is 28.7 Å². The zero-order chi connectivity index (χ0) is 9.42. The molecule has 1 aromatic carbocycles. The van der Waals surface area contributed by atoms with Crippen LogP contribution in [-0.2, 0) is 17.6 Å². The molecular formula is C12H14O. The first-order chi connectivity index (χ1) is 6.18. The zero-order valence-corrected chi connectivity index (χ0v) is 8.18. The Labute approximate surface area is 78.8 Å². The van der Waals surface area contributed by atoms with Gasteiger partial charge in [0, 0.05) is 12.8 Å². The summed E-state index contributed by atoms with van der Waals surface area (Å²) in [6.45, 7) is 4.23. The minimum atomic E-state index is 0.390. The lowest BCUT2D eigenvalue weighted by Crippen LogP contribution is -2.15. The normalized spacial score (nSPS) is 15.7. The Morgan fingerprint density at radius 1 is 1.00 bits per heavy atom. The van der Waals surface area contributed by atoms with Crippen molar-refractivity contribution in [3.8, 4) is 0 Å². The van der Waals surface area contributed by atoms with Crippen molar-refractivity contribution in [2.75, 3.05) is 0 Å². The van der Waals surface area contributed by atoms with E-state index in [2.05, 4.69) is 26.0 Å². The van der Waals surface area contributed by atoms with E-state index in [1.54, 1.807) is 0 Å². The molecule has 0 heterocycles. The Morgan fingerprint density at radius 3 is 2.31 bits per heavy atom. The molecule has 13 heavy (non-hydrogen) atoms. The largest absolute Gasteiger partial charge is 0.299 e. The summed E-state index contributed by atoms with van der Waals surface area (Å²) >= 11 is 0. The summed E-state index contributed by atoms with van der Waals surface area (Å²) in [6.07, 6.45) is 2.34. The van der Waals surface area contributed by atoms with E-state index in [1.165, 1.54) is 22.3 Å².